The first-order valence-electron chi connectivity index (χ1n) is 11.1. The number of halogens is 1. The van der Waals surface area contributed by atoms with Crippen LogP contribution in [0.25, 0.3) is 0 Å². The minimum absolute atomic E-state index is 0.623. The Kier molecular flexibility index (Phi) is 10.0. The van der Waals surface area contributed by atoms with Crippen LogP contribution in [0.4, 0.5) is 4.39 Å². The zero-order valence-electron chi connectivity index (χ0n) is 16.8. The Labute approximate surface area is 160 Å². The predicted octanol–water partition coefficient (Wildman–Crippen LogP) is 7.89. The van der Waals surface area contributed by atoms with Crippen LogP contribution in [0.5, 0.6) is 0 Å². The fourth-order valence-corrected chi connectivity index (χ4v) is 4.83. The van der Waals surface area contributed by atoms with Gasteiger partial charge in [0.1, 0.15) is 6.07 Å². The van der Waals surface area contributed by atoms with Gasteiger partial charge in [0.25, 0.3) is 0 Å². The third-order valence-electron chi connectivity index (χ3n) is 6.66. The van der Waals surface area contributed by atoms with Crippen LogP contribution in [-0.4, -0.2) is 0 Å². The summed E-state index contributed by atoms with van der Waals surface area (Å²) in [5.74, 6) is 2.69. The molecule has 0 aromatic heterocycles. The maximum atomic E-state index is 12.8. The lowest BCUT2D eigenvalue weighted by Crippen LogP contribution is -2.15. The normalized spacial score (nSPS) is 30.4. The zero-order valence-corrected chi connectivity index (χ0v) is 16.8. The summed E-state index contributed by atoms with van der Waals surface area (Å²) in [6.07, 6.45) is 24.7. The predicted molar refractivity (Wildman–Crippen MR) is 108 cm³/mol. The van der Waals surface area contributed by atoms with E-state index in [0.29, 0.717) is 6.42 Å². The lowest BCUT2D eigenvalue weighted by molar-refractivity contribution is 0.283. The van der Waals surface area contributed by atoms with Crippen molar-refractivity contribution in [3.63, 3.8) is 0 Å². The molecule has 2 rings (SSSR count). The Hall–Kier alpha value is -1.10. The first-order chi connectivity index (χ1) is 12.7. The molecule has 1 nitrogen and oxygen atoms in total. The van der Waals surface area contributed by atoms with E-state index in [1.54, 1.807) is 6.07 Å². The molecule has 0 amide bonds. The van der Waals surface area contributed by atoms with Gasteiger partial charge >= 0.3 is 0 Å². The first-order valence-corrected chi connectivity index (χ1v) is 11.1. The van der Waals surface area contributed by atoms with Crippen molar-refractivity contribution in [2.45, 2.75) is 96.8 Å². The van der Waals surface area contributed by atoms with Crippen LogP contribution < -0.4 is 0 Å². The molecule has 2 heteroatoms. The van der Waals surface area contributed by atoms with Gasteiger partial charge in [-0.2, -0.15) is 9.65 Å². The Bertz CT molecular complexity index is 471. The van der Waals surface area contributed by atoms with Gasteiger partial charge in [0.05, 0.1) is 0 Å². The van der Waals surface area contributed by atoms with Gasteiger partial charge in [-0.1, -0.05) is 44.8 Å². The Balaban J connectivity index is 1.59. The summed E-state index contributed by atoms with van der Waals surface area (Å²) in [5.41, 5.74) is 0. The van der Waals surface area contributed by atoms with Crippen molar-refractivity contribution in [3.05, 3.63) is 24.1 Å². The minimum atomic E-state index is -0.623. The van der Waals surface area contributed by atoms with E-state index in [1.807, 2.05) is 0 Å². The van der Waals surface area contributed by atoms with Crippen LogP contribution in [0.2, 0.25) is 0 Å². The fraction of sp³-hybridized carbons (Fsp3) is 0.792. The van der Waals surface area contributed by atoms with E-state index >= 15 is 0 Å². The van der Waals surface area contributed by atoms with Crippen LogP contribution in [0.1, 0.15) is 96.8 Å². The fourth-order valence-electron chi connectivity index (χ4n) is 4.83. The molecule has 2 aliphatic rings. The first kappa shape index (κ1) is 21.2. The number of hydrogen-bond acceptors (Lipinski definition) is 1. The highest BCUT2D eigenvalue weighted by molar-refractivity contribution is 5.11. The molecule has 0 aromatic rings. The van der Waals surface area contributed by atoms with E-state index in [1.165, 1.54) is 83.1 Å². The van der Waals surface area contributed by atoms with Gasteiger partial charge in [0.2, 0.25) is 0 Å². The second-order valence-corrected chi connectivity index (χ2v) is 8.68. The van der Waals surface area contributed by atoms with E-state index in [0.717, 1.165) is 30.1 Å². The number of nitriles is 1. The minimum Gasteiger partial charge on any atom is -0.195 e. The lowest BCUT2D eigenvalue weighted by Gasteiger charge is -2.29. The third-order valence-corrected chi connectivity index (χ3v) is 6.66. The van der Waals surface area contributed by atoms with Gasteiger partial charge in [0.15, 0.2) is 5.83 Å². The van der Waals surface area contributed by atoms with Gasteiger partial charge in [-0.05, 0) is 94.0 Å². The molecular formula is C24H38FN. The second-order valence-electron chi connectivity index (χ2n) is 8.68. The molecule has 0 radical (unpaired) electrons. The maximum Gasteiger partial charge on any atom is 0.196 e. The number of nitrogens with zero attached hydrogens (tertiary/aromatic N) is 1. The molecule has 26 heavy (non-hydrogen) atoms. The molecule has 0 aliphatic heterocycles. The largest absolute Gasteiger partial charge is 0.196 e. The summed E-state index contributed by atoms with van der Waals surface area (Å²) in [6, 6.07) is 1.56. The average molecular weight is 360 g/mol. The average Bonchev–Trinajstić information content (AvgIpc) is 2.68. The molecule has 0 N–H and O–H groups in total. The van der Waals surface area contributed by atoms with Gasteiger partial charge in [-0.15, -0.1) is 0 Å². The summed E-state index contributed by atoms with van der Waals surface area (Å²) < 4.78 is 12.8. The Morgan fingerprint density at radius 1 is 0.885 bits per heavy atom. The molecule has 2 fully saturated rings. The summed E-state index contributed by atoms with van der Waals surface area (Å²) in [5, 5.41) is 8.43. The second kappa shape index (κ2) is 12.3. The van der Waals surface area contributed by atoms with E-state index in [4.69, 9.17) is 5.26 Å². The lowest BCUT2D eigenvalue weighted by atomic mass is 9.77. The van der Waals surface area contributed by atoms with Crippen molar-refractivity contribution < 1.29 is 4.39 Å². The van der Waals surface area contributed by atoms with Gasteiger partial charge < -0.3 is 0 Å². The van der Waals surface area contributed by atoms with Gasteiger partial charge in [-0.3, -0.25) is 0 Å². The van der Waals surface area contributed by atoms with Gasteiger partial charge in [-0.25, -0.2) is 0 Å². The van der Waals surface area contributed by atoms with Crippen LogP contribution >= 0.6 is 0 Å². The van der Waals surface area contributed by atoms with Crippen LogP contribution in [0, 0.1) is 35.0 Å². The highest BCUT2D eigenvalue weighted by Crippen LogP contribution is 2.35. The summed E-state index contributed by atoms with van der Waals surface area (Å²) in [4.78, 5) is 0. The van der Waals surface area contributed by atoms with Crippen molar-refractivity contribution in [2.75, 3.05) is 0 Å². The van der Waals surface area contributed by atoms with Crippen LogP contribution in [-0.2, 0) is 0 Å². The molecule has 146 valence electrons. The molecule has 0 spiro atoms. The molecule has 2 aliphatic carbocycles. The standard InChI is InChI=1S/C24H38FN/c1-2-3-4-6-20-9-13-22(14-10-20)17-18-23-15-11-21(12-16-23)7-5-8-24(25)19-26/h8,17-18,20-23H,2-7,9-16H2,1H3/t20-,21-,22-,23-. The molecule has 0 atom stereocenters. The molecule has 0 unspecified atom stereocenters. The molecule has 2 saturated carbocycles. The van der Waals surface area contributed by atoms with E-state index < -0.39 is 5.83 Å². The van der Waals surface area contributed by atoms with Crippen molar-refractivity contribution in [1.29, 1.82) is 5.26 Å². The molecular weight excluding hydrogens is 321 g/mol. The van der Waals surface area contributed by atoms with Crippen molar-refractivity contribution in [1.82, 2.24) is 0 Å². The highest BCUT2D eigenvalue weighted by atomic mass is 19.1. The number of rotatable bonds is 9. The smallest absolute Gasteiger partial charge is 0.195 e. The quantitative estimate of drug-likeness (QED) is 0.233. The molecule has 0 bridgehead atoms. The SMILES string of the molecule is CCCCC[C@H]1CC[C@H](C=C[C@H]2CC[C@H](CCC=C(F)C#N)CC2)CC1. The Morgan fingerprint density at radius 3 is 1.92 bits per heavy atom. The van der Waals surface area contributed by atoms with Crippen molar-refractivity contribution >= 4 is 0 Å². The van der Waals surface area contributed by atoms with Crippen LogP contribution in [0.3, 0.4) is 0 Å². The summed E-state index contributed by atoms with van der Waals surface area (Å²) in [7, 11) is 0. The molecule has 0 heterocycles. The van der Waals surface area contributed by atoms with E-state index in [-0.39, 0.29) is 0 Å². The third kappa shape index (κ3) is 8.07. The number of hydrogen-bond donors (Lipinski definition) is 0. The summed E-state index contributed by atoms with van der Waals surface area (Å²) in [6.45, 7) is 2.29. The highest BCUT2D eigenvalue weighted by Gasteiger charge is 2.21. The topological polar surface area (TPSA) is 23.8 Å². The Morgan fingerprint density at radius 2 is 1.42 bits per heavy atom. The number of unbranched alkanes of at least 4 members (excludes halogenated alkanes) is 2. The molecule has 0 saturated heterocycles. The van der Waals surface area contributed by atoms with E-state index in [9.17, 15) is 4.39 Å². The monoisotopic (exact) mass is 359 g/mol. The summed E-state index contributed by atoms with van der Waals surface area (Å²) >= 11 is 0. The maximum absolute atomic E-state index is 12.8. The van der Waals surface area contributed by atoms with Gasteiger partial charge in [0, 0.05) is 0 Å². The van der Waals surface area contributed by atoms with Crippen LogP contribution in [0.15, 0.2) is 24.1 Å². The van der Waals surface area contributed by atoms with E-state index in [2.05, 4.69) is 19.1 Å². The zero-order chi connectivity index (χ0) is 18.6. The molecule has 0 aromatic carbocycles. The number of allylic oxidation sites excluding steroid dienone is 4. The van der Waals surface area contributed by atoms with Crippen molar-refractivity contribution in [3.8, 4) is 6.07 Å². The van der Waals surface area contributed by atoms with Crippen molar-refractivity contribution in [2.24, 2.45) is 23.7 Å².